The van der Waals surface area contributed by atoms with E-state index < -0.39 is 24.5 Å². The van der Waals surface area contributed by atoms with Crippen molar-refractivity contribution in [1.29, 1.82) is 0 Å². The van der Waals surface area contributed by atoms with E-state index in [4.69, 9.17) is 0 Å². The van der Waals surface area contributed by atoms with Crippen molar-refractivity contribution in [3.05, 3.63) is 0 Å². The van der Waals surface area contributed by atoms with Crippen LogP contribution in [0.5, 0.6) is 0 Å². The lowest BCUT2D eigenvalue weighted by atomic mass is 10.4. The van der Waals surface area contributed by atoms with E-state index in [1.165, 1.54) is 5.01 Å². The molecule has 0 aromatic carbocycles. The normalized spacial score (nSPS) is 9.78. The minimum absolute atomic E-state index is 0.418. The lowest BCUT2D eigenvalue weighted by molar-refractivity contribution is -0.113. The Kier molecular flexibility index (Phi) is 6.86. The number of Topliss-reactive ketones (excluding diaryl/α,β-unsaturated/α-hetero) is 1. The molecule has 9 nitrogen and oxygen atoms in total. The van der Waals surface area contributed by atoms with Crippen molar-refractivity contribution in [3.8, 4) is 0 Å². The molecule has 1 N–H and O–H groups in total. The van der Waals surface area contributed by atoms with E-state index in [9.17, 15) is 14.4 Å². The molecule has 0 aromatic rings. The summed E-state index contributed by atoms with van der Waals surface area (Å²) in [5, 5.41) is 5.79. The fraction of sp³-hybridized carbons (Fsp3) is 0.556. The van der Waals surface area contributed by atoms with Crippen molar-refractivity contribution in [2.75, 3.05) is 34.9 Å². The van der Waals surface area contributed by atoms with Gasteiger partial charge in [-0.15, -0.1) is 0 Å². The first-order chi connectivity index (χ1) is 8.40. The topological polar surface area (TPSA) is 101 Å². The molecule has 0 aromatic heterocycles. The van der Waals surface area contributed by atoms with Gasteiger partial charge < -0.3 is 14.5 Å². The highest BCUT2D eigenvalue weighted by Crippen LogP contribution is 1.90. The quantitative estimate of drug-likeness (QED) is 0.537. The summed E-state index contributed by atoms with van der Waals surface area (Å²) in [6.45, 7) is -0.418. The molecule has 0 fully saturated rings. The van der Waals surface area contributed by atoms with Crippen LogP contribution in [0.4, 0.5) is 9.59 Å². The van der Waals surface area contributed by atoms with Gasteiger partial charge in [0.05, 0.1) is 20.4 Å². The van der Waals surface area contributed by atoms with Gasteiger partial charge >= 0.3 is 12.2 Å². The standard InChI is InChI=1S/C9H16N4O5/c1-12(2)10-5-7(14)6-13(9(16)18-4)11-8(15)17-3/h5H,6H2,1-4H3,(H,11,15). The van der Waals surface area contributed by atoms with E-state index in [0.717, 1.165) is 20.4 Å². The number of nitrogens with one attached hydrogen (secondary N) is 1. The Morgan fingerprint density at radius 2 is 1.83 bits per heavy atom. The third-order valence-corrected chi connectivity index (χ3v) is 1.55. The van der Waals surface area contributed by atoms with Gasteiger partial charge in [-0.3, -0.25) is 4.79 Å². The van der Waals surface area contributed by atoms with Crippen LogP contribution in [0.1, 0.15) is 0 Å². The summed E-state index contributed by atoms with van der Waals surface area (Å²) in [5.41, 5.74) is 2.04. The summed E-state index contributed by atoms with van der Waals surface area (Å²) < 4.78 is 8.70. The van der Waals surface area contributed by atoms with E-state index in [1.54, 1.807) is 14.1 Å². The maximum Gasteiger partial charge on any atom is 0.428 e. The highest BCUT2D eigenvalue weighted by molar-refractivity contribution is 6.28. The third-order valence-electron chi connectivity index (χ3n) is 1.55. The van der Waals surface area contributed by atoms with Gasteiger partial charge in [-0.25, -0.2) is 20.0 Å². The molecule has 0 radical (unpaired) electrons. The number of hydrazine groups is 1. The Hall–Kier alpha value is -2.32. The van der Waals surface area contributed by atoms with Crippen molar-refractivity contribution in [2.45, 2.75) is 0 Å². The molecule has 0 unspecified atom stereocenters. The smallest absolute Gasteiger partial charge is 0.428 e. The molecule has 0 aliphatic rings. The van der Waals surface area contributed by atoms with Crippen molar-refractivity contribution >= 4 is 24.2 Å². The van der Waals surface area contributed by atoms with Crippen LogP contribution >= 0.6 is 0 Å². The average molecular weight is 260 g/mol. The highest BCUT2D eigenvalue weighted by Gasteiger charge is 2.19. The zero-order valence-corrected chi connectivity index (χ0v) is 10.7. The van der Waals surface area contributed by atoms with Gasteiger partial charge in [-0.2, -0.15) is 5.10 Å². The van der Waals surface area contributed by atoms with Crippen LogP contribution in [0.15, 0.2) is 5.10 Å². The van der Waals surface area contributed by atoms with Gasteiger partial charge in [0.2, 0.25) is 0 Å². The number of ether oxygens (including phenoxy) is 2. The molecule has 2 amide bonds. The largest absolute Gasteiger partial charge is 0.452 e. The van der Waals surface area contributed by atoms with Gasteiger partial charge in [-0.1, -0.05) is 0 Å². The molecule has 0 rings (SSSR count). The molecule has 0 aliphatic carbocycles. The van der Waals surface area contributed by atoms with Crippen LogP contribution in [0.25, 0.3) is 0 Å². The number of ketones is 1. The van der Waals surface area contributed by atoms with E-state index in [2.05, 4.69) is 14.6 Å². The van der Waals surface area contributed by atoms with Gasteiger partial charge in [0.15, 0.2) is 5.78 Å². The second kappa shape index (κ2) is 7.87. The number of carbonyl (C=O) groups excluding carboxylic acids is 3. The number of amides is 2. The van der Waals surface area contributed by atoms with Crippen LogP contribution in [0.2, 0.25) is 0 Å². The van der Waals surface area contributed by atoms with Gasteiger partial charge in [0.1, 0.15) is 6.54 Å². The molecule has 0 atom stereocenters. The summed E-state index contributed by atoms with van der Waals surface area (Å²) in [6.07, 6.45) is -0.765. The summed E-state index contributed by atoms with van der Waals surface area (Å²) >= 11 is 0. The lowest BCUT2D eigenvalue weighted by Crippen LogP contribution is -2.48. The van der Waals surface area contributed by atoms with E-state index in [1.807, 2.05) is 5.43 Å². The maximum atomic E-state index is 11.4. The predicted molar refractivity (Wildman–Crippen MR) is 61.8 cm³/mol. The van der Waals surface area contributed by atoms with Crippen LogP contribution in [-0.4, -0.2) is 69.1 Å². The monoisotopic (exact) mass is 260 g/mol. The zero-order valence-electron chi connectivity index (χ0n) is 10.7. The Balaban J connectivity index is 4.54. The highest BCUT2D eigenvalue weighted by atomic mass is 16.6. The molecular formula is C9H16N4O5. The first kappa shape index (κ1) is 15.7. The second-order valence-corrected chi connectivity index (χ2v) is 3.22. The van der Waals surface area contributed by atoms with Crippen molar-refractivity contribution < 1.29 is 23.9 Å². The number of hydrogen-bond acceptors (Lipinski definition) is 7. The number of rotatable bonds is 4. The minimum atomic E-state index is -0.896. The molecule has 0 saturated heterocycles. The van der Waals surface area contributed by atoms with Gasteiger partial charge in [-0.05, 0) is 0 Å². The Bertz CT molecular complexity index is 342. The SMILES string of the molecule is COC(=O)NN(CC(=O)C=NN(C)C)C(=O)OC. The molecule has 0 aliphatic heterocycles. The second-order valence-electron chi connectivity index (χ2n) is 3.22. The number of carbonyl (C=O) groups is 3. The lowest BCUT2D eigenvalue weighted by Gasteiger charge is -2.19. The Labute approximate surface area is 104 Å². The van der Waals surface area contributed by atoms with E-state index in [0.29, 0.717) is 5.01 Å². The summed E-state index contributed by atoms with van der Waals surface area (Å²) in [4.78, 5) is 33.6. The Morgan fingerprint density at radius 1 is 1.22 bits per heavy atom. The van der Waals surface area contributed by atoms with Crippen molar-refractivity contribution in [1.82, 2.24) is 15.4 Å². The first-order valence-corrected chi connectivity index (χ1v) is 4.85. The van der Waals surface area contributed by atoms with E-state index in [-0.39, 0.29) is 0 Å². The molecule has 9 heteroatoms. The van der Waals surface area contributed by atoms with Crippen LogP contribution in [0, 0.1) is 0 Å². The number of hydrogen-bond donors (Lipinski definition) is 1. The number of hydrazone groups is 1. The van der Waals surface area contributed by atoms with Crippen LogP contribution in [0.3, 0.4) is 0 Å². The summed E-state index contributed by atoms with van der Waals surface area (Å²) in [5.74, 6) is -0.495. The van der Waals surface area contributed by atoms with Crippen molar-refractivity contribution in [3.63, 3.8) is 0 Å². The fourth-order valence-electron chi connectivity index (χ4n) is 0.792. The first-order valence-electron chi connectivity index (χ1n) is 4.85. The van der Waals surface area contributed by atoms with Crippen LogP contribution < -0.4 is 5.43 Å². The molecule has 0 saturated carbocycles. The summed E-state index contributed by atoms with van der Waals surface area (Å²) in [7, 11) is 5.51. The number of methoxy groups -OCH3 is 2. The Morgan fingerprint density at radius 3 is 2.28 bits per heavy atom. The fourth-order valence-corrected chi connectivity index (χ4v) is 0.792. The average Bonchev–Trinajstić information content (AvgIpc) is 2.34. The predicted octanol–water partition coefficient (Wildman–Crippen LogP) is -0.558. The van der Waals surface area contributed by atoms with Gasteiger partial charge in [0.25, 0.3) is 0 Å². The summed E-state index contributed by atoms with van der Waals surface area (Å²) in [6, 6.07) is 0. The molecule has 18 heavy (non-hydrogen) atoms. The molecular weight excluding hydrogens is 244 g/mol. The van der Waals surface area contributed by atoms with Crippen molar-refractivity contribution in [2.24, 2.45) is 5.10 Å². The number of nitrogens with zero attached hydrogens (tertiary/aromatic N) is 3. The van der Waals surface area contributed by atoms with Gasteiger partial charge in [0, 0.05) is 14.1 Å². The zero-order chi connectivity index (χ0) is 14.1. The van der Waals surface area contributed by atoms with E-state index >= 15 is 0 Å². The molecule has 0 spiro atoms. The minimum Gasteiger partial charge on any atom is -0.452 e. The molecule has 0 bridgehead atoms. The third kappa shape index (κ3) is 6.30. The van der Waals surface area contributed by atoms with Crippen LogP contribution in [-0.2, 0) is 14.3 Å². The molecule has 102 valence electrons. The molecule has 0 heterocycles. The maximum absolute atomic E-state index is 11.4.